The van der Waals surface area contributed by atoms with E-state index in [9.17, 15) is 10.1 Å². The molecule has 32 heavy (non-hydrogen) atoms. The van der Waals surface area contributed by atoms with Crippen LogP contribution < -0.4 is 5.32 Å². The number of rotatable bonds is 6. The van der Waals surface area contributed by atoms with E-state index in [-0.39, 0.29) is 11.9 Å². The monoisotopic (exact) mass is 461 g/mol. The number of halogens is 1. The third kappa shape index (κ3) is 5.72. The highest BCUT2D eigenvalue weighted by molar-refractivity contribution is 7.99. The van der Waals surface area contributed by atoms with Gasteiger partial charge in [0.2, 0.25) is 0 Å². The van der Waals surface area contributed by atoms with Crippen LogP contribution in [0.4, 0.5) is 0 Å². The molecule has 0 aliphatic carbocycles. The molecule has 1 aliphatic heterocycles. The molecule has 1 aliphatic rings. The Morgan fingerprint density at radius 2 is 1.66 bits per heavy atom. The Kier molecular flexibility index (Phi) is 7.49. The van der Waals surface area contributed by atoms with Crippen molar-refractivity contribution in [2.75, 3.05) is 13.1 Å². The summed E-state index contributed by atoms with van der Waals surface area (Å²) in [6.07, 6.45) is 1.85. The standard InChI is InChI=1S/C26H24ClN3OS/c27-21-11-9-19(10-12-21)18-30-15-13-22(14-16-30)29-26(31)23-6-2-4-8-25(23)32-24-7-3-1-5-20(24)17-28/h1-12,22H,13-16,18H2,(H,29,31). The number of hydrogen-bond donors (Lipinski definition) is 1. The summed E-state index contributed by atoms with van der Waals surface area (Å²) in [5.74, 6) is -0.0568. The van der Waals surface area contributed by atoms with Gasteiger partial charge in [-0.25, -0.2) is 0 Å². The number of nitrogens with one attached hydrogen (secondary N) is 1. The molecule has 1 amide bonds. The lowest BCUT2D eigenvalue weighted by Crippen LogP contribution is -2.44. The highest BCUT2D eigenvalue weighted by atomic mass is 35.5. The van der Waals surface area contributed by atoms with Gasteiger partial charge >= 0.3 is 0 Å². The van der Waals surface area contributed by atoms with Crippen molar-refractivity contribution in [2.24, 2.45) is 0 Å². The third-order valence-electron chi connectivity index (χ3n) is 5.60. The van der Waals surface area contributed by atoms with Gasteiger partial charge in [0.15, 0.2) is 0 Å². The van der Waals surface area contributed by atoms with E-state index < -0.39 is 0 Å². The van der Waals surface area contributed by atoms with Crippen molar-refractivity contribution in [3.05, 3.63) is 94.5 Å². The number of likely N-dealkylation sites (tertiary alicyclic amines) is 1. The zero-order chi connectivity index (χ0) is 22.3. The van der Waals surface area contributed by atoms with Crippen LogP contribution in [-0.2, 0) is 6.54 Å². The van der Waals surface area contributed by atoms with Gasteiger partial charge in [0.05, 0.1) is 11.1 Å². The molecule has 0 atom stereocenters. The topological polar surface area (TPSA) is 56.1 Å². The fourth-order valence-electron chi connectivity index (χ4n) is 3.86. The van der Waals surface area contributed by atoms with Crippen LogP contribution in [0.3, 0.4) is 0 Å². The van der Waals surface area contributed by atoms with Gasteiger partial charge in [-0.15, -0.1) is 0 Å². The summed E-state index contributed by atoms with van der Waals surface area (Å²) in [5, 5.41) is 13.3. The van der Waals surface area contributed by atoms with Crippen LogP contribution in [0.2, 0.25) is 5.02 Å². The number of benzene rings is 3. The zero-order valence-electron chi connectivity index (χ0n) is 17.6. The molecule has 0 aromatic heterocycles. The Morgan fingerprint density at radius 3 is 2.38 bits per heavy atom. The van der Waals surface area contributed by atoms with Crippen LogP contribution in [0.15, 0.2) is 82.6 Å². The number of carbonyl (C=O) groups excluding carboxylic acids is 1. The van der Waals surface area contributed by atoms with E-state index in [1.54, 1.807) is 6.07 Å². The maximum Gasteiger partial charge on any atom is 0.252 e. The first-order valence-corrected chi connectivity index (χ1v) is 11.9. The predicted molar refractivity (Wildman–Crippen MR) is 129 cm³/mol. The lowest BCUT2D eigenvalue weighted by Gasteiger charge is -2.32. The van der Waals surface area contributed by atoms with Crippen molar-refractivity contribution in [3.63, 3.8) is 0 Å². The second kappa shape index (κ2) is 10.7. The Hall–Kier alpha value is -2.78. The number of amides is 1. The Bertz CT molecular complexity index is 1120. The van der Waals surface area contributed by atoms with Gasteiger partial charge in [0, 0.05) is 40.5 Å². The summed E-state index contributed by atoms with van der Waals surface area (Å²) in [6.45, 7) is 2.79. The van der Waals surface area contributed by atoms with E-state index in [1.807, 2.05) is 54.6 Å². The molecule has 1 fully saturated rings. The van der Waals surface area contributed by atoms with E-state index >= 15 is 0 Å². The van der Waals surface area contributed by atoms with E-state index in [1.165, 1.54) is 17.3 Å². The van der Waals surface area contributed by atoms with E-state index in [2.05, 4.69) is 28.4 Å². The smallest absolute Gasteiger partial charge is 0.252 e. The first-order valence-electron chi connectivity index (χ1n) is 10.7. The molecule has 0 radical (unpaired) electrons. The van der Waals surface area contributed by atoms with Crippen LogP contribution in [-0.4, -0.2) is 29.9 Å². The Labute approximate surface area is 198 Å². The van der Waals surface area contributed by atoms with Crippen molar-refractivity contribution in [3.8, 4) is 6.07 Å². The molecule has 1 N–H and O–H groups in total. The van der Waals surface area contributed by atoms with Gasteiger partial charge in [-0.05, 0) is 54.8 Å². The van der Waals surface area contributed by atoms with Crippen LogP contribution in [0.5, 0.6) is 0 Å². The molecule has 0 bridgehead atoms. The molecule has 3 aromatic rings. The first-order chi connectivity index (χ1) is 15.6. The minimum absolute atomic E-state index is 0.0568. The number of hydrogen-bond acceptors (Lipinski definition) is 4. The van der Waals surface area contributed by atoms with Crippen LogP contribution in [0, 0.1) is 11.3 Å². The van der Waals surface area contributed by atoms with Crippen molar-refractivity contribution in [1.29, 1.82) is 5.26 Å². The molecule has 0 unspecified atom stereocenters. The lowest BCUT2D eigenvalue weighted by atomic mass is 10.0. The van der Waals surface area contributed by atoms with E-state index in [4.69, 9.17) is 11.6 Å². The van der Waals surface area contributed by atoms with Crippen molar-refractivity contribution < 1.29 is 4.79 Å². The average molecular weight is 462 g/mol. The van der Waals surface area contributed by atoms with Gasteiger partial charge < -0.3 is 5.32 Å². The molecule has 4 rings (SSSR count). The van der Waals surface area contributed by atoms with Crippen LogP contribution >= 0.6 is 23.4 Å². The molecule has 1 heterocycles. The Balaban J connectivity index is 1.36. The largest absolute Gasteiger partial charge is 0.349 e. The summed E-state index contributed by atoms with van der Waals surface area (Å²) in [6, 6.07) is 25.4. The van der Waals surface area contributed by atoms with Gasteiger partial charge in [-0.1, -0.05) is 59.8 Å². The van der Waals surface area contributed by atoms with E-state index in [0.717, 1.165) is 47.3 Å². The predicted octanol–water partition coefficient (Wildman–Crippen LogP) is 5.76. The summed E-state index contributed by atoms with van der Waals surface area (Å²) in [5.41, 5.74) is 2.51. The maximum absolute atomic E-state index is 13.1. The molecular formula is C26H24ClN3OS. The summed E-state index contributed by atoms with van der Waals surface area (Å²) in [7, 11) is 0. The molecule has 0 saturated carbocycles. The molecule has 162 valence electrons. The summed E-state index contributed by atoms with van der Waals surface area (Å²) in [4.78, 5) is 17.2. The fraction of sp³-hybridized carbons (Fsp3) is 0.231. The highest BCUT2D eigenvalue weighted by Gasteiger charge is 2.22. The number of carbonyl (C=O) groups is 1. The average Bonchev–Trinajstić information content (AvgIpc) is 2.82. The molecule has 6 heteroatoms. The number of nitrogens with zero attached hydrogens (tertiary/aromatic N) is 2. The van der Waals surface area contributed by atoms with Gasteiger partial charge in [-0.3, -0.25) is 9.69 Å². The highest BCUT2D eigenvalue weighted by Crippen LogP contribution is 2.32. The van der Waals surface area contributed by atoms with Crippen molar-refractivity contribution in [2.45, 2.75) is 35.2 Å². The van der Waals surface area contributed by atoms with Crippen molar-refractivity contribution in [1.82, 2.24) is 10.2 Å². The molecular weight excluding hydrogens is 438 g/mol. The number of piperidine rings is 1. The SMILES string of the molecule is N#Cc1ccccc1Sc1ccccc1C(=O)NC1CCN(Cc2ccc(Cl)cc2)CC1. The maximum atomic E-state index is 13.1. The lowest BCUT2D eigenvalue weighted by molar-refractivity contribution is 0.0906. The summed E-state index contributed by atoms with van der Waals surface area (Å²) >= 11 is 7.43. The molecule has 0 spiro atoms. The second-order valence-electron chi connectivity index (χ2n) is 7.86. The fourth-order valence-corrected chi connectivity index (χ4v) is 5.01. The Morgan fingerprint density at radius 1 is 1.00 bits per heavy atom. The zero-order valence-corrected chi connectivity index (χ0v) is 19.2. The van der Waals surface area contributed by atoms with E-state index in [0.29, 0.717) is 11.1 Å². The number of nitriles is 1. The normalized spacial score (nSPS) is 14.6. The quantitative estimate of drug-likeness (QED) is 0.507. The van der Waals surface area contributed by atoms with Gasteiger partial charge in [-0.2, -0.15) is 5.26 Å². The molecule has 1 saturated heterocycles. The van der Waals surface area contributed by atoms with Gasteiger partial charge in [0.25, 0.3) is 5.91 Å². The summed E-state index contributed by atoms with van der Waals surface area (Å²) < 4.78 is 0. The molecule has 3 aromatic carbocycles. The minimum Gasteiger partial charge on any atom is -0.349 e. The van der Waals surface area contributed by atoms with Crippen LogP contribution in [0.25, 0.3) is 0 Å². The molecule has 4 nitrogen and oxygen atoms in total. The minimum atomic E-state index is -0.0568. The van der Waals surface area contributed by atoms with Crippen molar-refractivity contribution >= 4 is 29.3 Å². The third-order valence-corrected chi connectivity index (χ3v) is 7.01. The van der Waals surface area contributed by atoms with Gasteiger partial charge in [0.1, 0.15) is 6.07 Å². The van der Waals surface area contributed by atoms with Crippen LogP contribution in [0.1, 0.15) is 34.3 Å². The second-order valence-corrected chi connectivity index (χ2v) is 9.38. The first kappa shape index (κ1) is 22.4.